The summed E-state index contributed by atoms with van der Waals surface area (Å²) < 4.78 is 62.0. The Morgan fingerprint density at radius 1 is 1.33 bits per heavy atom. The SMILES string of the molecule is CC(C)S(=O)(=O)CC(=O)Nc1ncc(Cc2cc(C(F)(F)F)ccc2Cl)s1. The first-order valence-corrected chi connectivity index (χ1v) is 10.6. The molecule has 148 valence electrons. The van der Waals surface area contributed by atoms with Crippen molar-refractivity contribution < 1.29 is 26.4 Å². The Hall–Kier alpha value is -1.65. The minimum absolute atomic E-state index is 0.0978. The van der Waals surface area contributed by atoms with Gasteiger partial charge in [-0.05, 0) is 37.6 Å². The number of nitrogens with one attached hydrogen (secondary N) is 1. The van der Waals surface area contributed by atoms with Gasteiger partial charge in [-0.2, -0.15) is 13.2 Å². The lowest BCUT2D eigenvalue weighted by Gasteiger charge is -2.09. The number of carbonyl (C=O) groups excluding carboxylic acids is 1. The van der Waals surface area contributed by atoms with Crippen molar-refractivity contribution in [1.29, 1.82) is 0 Å². The Morgan fingerprint density at radius 3 is 2.59 bits per heavy atom. The molecule has 0 bridgehead atoms. The van der Waals surface area contributed by atoms with E-state index in [-0.39, 0.29) is 22.1 Å². The fraction of sp³-hybridized carbons (Fsp3) is 0.375. The standard InChI is InChI=1S/C16H16ClF3N2O3S2/c1-9(2)27(24,25)8-14(23)22-15-21-7-12(26-15)6-10-5-11(16(18,19)20)3-4-13(10)17/h3-5,7,9H,6,8H2,1-2H3,(H,21,22,23). The predicted molar refractivity (Wildman–Crippen MR) is 98.9 cm³/mol. The van der Waals surface area contributed by atoms with Gasteiger partial charge in [-0.15, -0.1) is 11.3 Å². The Balaban J connectivity index is 2.10. The van der Waals surface area contributed by atoms with Gasteiger partial charge in [-0.25, -0.2) is 13.4 Å². The number of aromatic nitrogens is 1. The third kappa shape index (κ3) is 5.91. The number of sulfone groups is 1. The van der Waals surface area contributed by atoms with Crippen LogP contribution >= 0.6 is 22.9 Å². The molecular formula is C16H16ClF3N2O3S2. The highest BCUT2D eigenvalue weighted by Crippen LogP contribution is 2.33. The second-order valence-corrected chi connectivity index (χ2v) is 10.1. The quantitative estimate of drug-likeness (QED) is 0.731. The fourth-order valence-corrected chi connectivity index (χ4v) is 3.83. The number of anilines is 1. The molecule has 0 saturated carbocycles. The van der Waals surface area contributed by atoms with Crippen LogP contribution in [0, 0.1) is 0 Å². The van der Waals surface area contributed by atoms with Crippen molar-refractivity contribution >= 4 is 43.8 Å². The van der Waals surface area contributed by atoms with E-state index in [1.165, 1.54) is 26.1 Å². The number of alkyl halides is 3. The van der Waals surface area contributed by atoms with Gasteiger partial charge in [0, 0.05) is 22.5 Å². The topological polar surface area (TPSA) is 76.1 Å². The molecule has 0 saturated heterocycles. The van der Waals surface area contributed by atoms with Gasteiger partial charge in [-0.3, -0.25) is 4.79 Å². The van der Waals surface area contributed by atoms with Crippen molar-refractivity contribution in [2.45, 2.75) is 31.7 Å². The Bertz CT molecular complexity index is 941. The van der Waals surface area contributed by atoms with E-state index in [2.05, 4.69) is 10.3 Å². The summed E-state index contributed by atoms with van der Waals surface area (Å²) >= 11 is 7.00. The Kier molecular flexibility index (Phi) is 6.54. The molecule has 1 heterocycles. The van der Waals surface area contributed by atoms with E-state index in [1.54, 1.807) is 0 Å². The van der Waals surface area contributed by atoms with E-state index < -0.39 is 38.5 Å². The third-order valence-electron chi connectivity index (χ3n) is 3.59. The van der Waals surface area contributed by atoms with E-state index in [0.29, 0.717) is 4.88 Å². The van der Waals surface area contributed by atoms with E-state index in [0.717, 1.165) is 23.5 Å². The van der Waals surface area contributed by atoms with Crippen molar-refractivity contribution in [3.63, 3.8) is 0 Å². The van der Waals surface area contributed by atoms with Crippen molar-refractivity contribution in [1.82, 2.24) is 4.98 Å². The van der Waals surface area contributed by atoms with E-state index in [1.807, 2.05) is 0 Å². The molecule has 0 aliphatic carbocycles. The minimum atomic E-state index is -4.48. The molecule has 2 aromatic rings. The number of carbonyl (C=O) groups is 1. The summed E-state index contributed by atoms with van der Waals surface area (Å²) in [6.45, 7) is 2.95. The zero-order chi connectivity index (χ0) is 20.4. The van der Waals surface area contributed by atoms with Crippen LogP contribution in [0.3, 0.4) is 0 Å². The molecule has 1 N–H and O–H groups in total. The number of hydrogen-bond donors (Lipinski definition) is 1. The summed E-state index contributed by atoms with van der Waals surface area (Å²) in [4.78, 5) is 16.4. The second kappa shape index (κ2) is 8.15. The number of rotatable bonds is 6. The molecule has 1 aromatic carbocycles. The summed E-state index contributed by atoms with van der Waals surface area (Å²) in [5.74, 6) is -1.39. The van der Waals surface area contributed by atoms with Gasteiger partial charge < -0.3 is 5.32 Å². The van der Waals surface area contributed by atoms with Crippen molar-refractivity contribution in [3.8, 4) is 0 Å². The summed E-state index contributed by atoms with van der Waals surface area (Å²) in [5, 5.41) is 2.05. The lowest BCUT2D eigenvalue weighted by atomic mass is 10.1. The largest absolute Gasteiger partial charge is 0.416 e. The highest BCUT2D eigenvalue weighted by Gasteiger charge is 2.31. The number of amides is 1. The first-order valence-electron chi connectivity index (χ1n) is 7.70. The summed E-state index contributed by atoms with van der Waals surface area (Å²) in [5.41, 5.74) is -0.533. The molecule has 1 amide bonds. The maximum atomic E-state index is 12.8. The molecular weight excluding hydrogens is 425 g/mol. The molecule has 0 atom stereocenters. The molecule has 2 rings (SSSR count). The first kappa shape index (κ1) is 21.6. The zero-order valence-corrected chi connectivity index (χ0v) is 16.7. The summed E-state index contributed by atoms with van der Waals surface area (Å²) in [6.07, 6.45) is -2.98. The summed E-state index contributed by atoms with van der Waals surface area (Å²) in [7, 11) is -3.54. The lowest BCUT2D eigenvalue weighted by molar-refractivity contribution is -0.137. The number of nitrogens with zero attached hydrogens (tertiary/aromatic N) is 1. The monoisotopic (exact) mass is 440 g/mol. The molecule has 0 fully saturated rings. The van der Waals surface area contributed by atoms with Gasteiger partial charge in [0.15, 0.2) is 15.0 Å². The van der Waals surface area contributed by atoms with Crippen LogP contribution in [0.2, 0.25) is 5.02 Å². The Morgan fingerprint density at radius 2 is 2.00 bits per heavy atom. The molecule has 1 aromatic heterocycles. The number of benzene rings is 1. The van der Waals surface area contributed by atoms with Crippen LogP contribution in [0.25, 0.3) is 0 Å². The maximum Gasteiger partial charge on any atom is 0.416 e. The first-order chi connectivity index (χ1) is 12.4. The van der Waals surface area contributed by atoms with Crippen LogP contribution in [0.15, 0.2) is 24.4 Å². The van der Waals surface area contributed by atoms with Crippen LogP contribution in [-0.4, -0.2) is 30.3 Å². The van der Waals surface area contributed by atoms with Gasteiger partial charge >= 0.3 is 6.18 Å². The molecule has 0 spiro atoms. The predicted octanol–water partition coefficient (Wildman–Crippen LogP) is 4.17. The molecule has 0 radical (unpaired) electrons. The van der Waals surface area contributed by atoms with Gasteiger partial charge in [0.1, 0.15) is 5.75 Å². The number of hydrogen-bond acceptors (Lipinski definition) is 5. The van der Waals surface area contributed by atoms with Crippen LogP contribution in [0.1, 0.15) is 29.9 Å². The third-order valence-corrected chi connectivity index (χ3v) is 6.97. The Labute approximate surface area is 163 Å². The molecule has 27 heavy (non-hydrogen) atoms. The lowest BCUT2D eigenvalue weighted by Crippen LogP contribution is -2.27. The normalized spacial score (nSPS) is 12.4. The minimum Gasteiger partial charge on any atom is -0.301 e. The zero-order valence-electron chi connectivity index (χ0n) is 14.3. The molecule has 11 heteroatoms. The van der Waals surface area contributed by atoms with E-state index >= 15 is 0 Å². The van der Waals surface area contributed by atoms with Crippen LogP contribution in [0.5, 0.6) is 0 Å². The number of thiazole rings is 1. The fourth-order valence-electron chi connectivity index (χ4n) is 2.03. The molecule has 0 aliphatic heterocycles. The average Bonchev–Trinajstić information content (AvgIpc) is 2.94. The van der Waals surface area contributed by atoms with Gasteiger partial charge in [0.25, 0.3) is 0 Å². The van der Waals surface area contributed by atoms with Crippen molar-refractivity contribution in [3.05, 3.63) is 45.4 Å². The van der Waals surface area contributed by atoms with Gasteiger partial charge in [0.2, 0.25) is 5.91 Å². The van der Waals surface area contributed by atoms with Gasteiger partial charge in [0.05, 0.1) is 10.8 Å². The van der Waals surface area contributed by atoms with Crippen LogP contribution in [0.4, 0.5) is 18.3 Å². The highest BCUT2D eigenvalue weighted by atomic mass is 35.5. The molecule has 5 nitrogen and oxygen atoms in total. The maximum absolute atomic E-state index is 12.8. The number of halogens is 4. The highest BCUT2D eigenvalue weighted by molar-refractivity contribution is 7.92. The molecule has 0 aliphatic rings. The smallest absolute Gasteiger partial charge is 0.301 e. The van der Waals surface area contributed by atoms with Crippen molar-refractivity contribution in [2.75, 3.05) is 11.1 Å². The van der Waals surface area contributed by atoms with E-state index in [4.69, 9.17) is 11.6 Å². The molecule has 0 unspecified atom stereocenters. The second-order valence-electron chi connectivity index (χ2n) is 6.02. The van der Waals surface area contributed by atoms with Crippen LogP contribution in [-0.2, 0) is 27.2 Å². The van der Waals surface area contributed by atoms with Crippen LogP contribution < -0.4 is 5.32 Å². The summed E-state index contributed by atoms with van der Waals surface area (Å²) in [6, 6.07) is 3.05. The van der Waals surface area contributed by atoms with E-state index in [9.17, 15) is 26.4 Å². The average molecular weight is 441 g/mol. The van der Waals surface area contributed by atoms with Gasteiger partial charge in [-0.1, -0.05) is 11.6 Å². The van der Waals surface area contributed by atoms with Crippen molar-refractivity contribution in [2.24, 2.45) is 0 Å².